The van der Waals surface area contributed by atoms with Gasteiger partial charge in [0.1, 0.15) is 0 Å². The molecule has 26 heavy (non-hydrogen) atoms. The Morgan fingerprint density at radius 1 is 1.04 bits per heavy atom. The van der Waals surface area contributed by atoms with Crippen molar-refractivity contribution >= 4 is 27.5 Å². The van der Waals surface area contributed by atoms with E-state index in [4.69, 9.17) is 14.2 Å². The van der Waals surface area contributed by atoms with E-state index < -0.39 is 17.6 Å². The van der Waals surface area contributed by atoms with E-state index >= 15 is 0 Å². The molecule has 0 fully saturated rings. The number of alkyl halides is 3. The number of hydrogen-bond donors (Lipinski definition) is 1. The highest BCUT2D eigenvalue weighted by molar-refractivity contribution is 9.10. The maximum Gasteiger partial charge on any atom is 0.418 e. The molecule has 5 nitrogen and oxygen atoms in total. The number of methoxy groups -OCH3 is 3. The fourth-order valence-corrected chi connectivity index (χ4v) is 2.95. The largest absolute Gasteiger partial charge is 0.493 e. The summed E-state index contributed by atoms with van der Waals surface area (Å²) in [6.45, 7) is 0. The van der Waals surface area contributed by atoms with Gasteiger partial charge in [-0.3, -0.25) is 4.79 Å². The van der Waals surface area contributed by atoms with E-state index in [1.165, 1.54) is 45.6 Å². The quantitative estimate of drug-likeness (QED) is 0.739. The first-order valence-electron chi connectivity index (χ1n) is 7.20. The van der Waals surface area contributed by atoms with Crippen LogP contribution >= 0.6 is 15.9 Å². The summed E-state index contributed by atoms with van der Waals surface area (Å²) in [6, 6.07) is 6.05. The molecule has 0 atom stereocenters. The van der Waals surface area contributed by atoms with Crippen molar-refractivity contribution in [2.24, 2.45) is 0 Å². The van der Waals surface area contributed by atoms with Gasteiger partial charge in [-0.25, -0.2) is 0 Å². The molecular weight excluding hydrogens is 419 g/mol. The molecule has 0 aromatic heterocycles. The first kappa shape index (κ1) is 19.9. The Hall–Kier alpha value is -2.42. The van der Waals surface area contributed by atoms with E-state index in [1.54, 1.807) is 0 Å². The second kappa shape index (κ2) is 7.86. The zero-order valence-corrected chi connectivity index (χ0v) is 15.6. The highest BCUT2D eigenvalue weighted by atomic mass is 79.9. The summed E-state index contributed by atoms with van der Waals surface area (Å²) >= 11 is 3.22. The average Bonchev–Trinajstić information content (AvgIpc) is 2.60. The molecule has 0 saturated carbocycles. The van der Waals surface area contributed by atoms with Gasteiger partial charge in [-0.1, -0.05) is 12.1 Å². The summed E-state index contributed by atoms with van der Waals surface area (Å²) in [7, 11) is 4.13. The smallest absolute Gasteiger partial charge is 0.418 e. The van der Waals surface area contributed by atoms with Gasteiger partial charge in [0, 0.05) is 0 Å². The maximum atomic E-state index is 13.1. The molecule has 0 saturated heterocycles. The maximum absolute atomic E-state index is 13.1. The number of carbonyl (C=O) groups is 1. The summed E-state index contributed by atoms with van der Waals surface area (Å²) in [4.78, 5) is 12.6. The van der Waals surface area contributed by atoms with Gasteiger partial charge < -0.3 is 19.5 Å². The van der Waals surface area contributed by atoms with Crippen molar-refractivity contribution in [2.75, 3.05) is 26.6 Å². The molecule has 1 amide bonds. The first-order chi connectivity index (χ1) is 12.2. The minimum atomic E-state index is -4.60. The van der Waals surface area contributed by atoms with Crippen LogP contribution in [0, 0.1) is 0 Å². The molecule has 0 aliphatic carbocycles. The molecule has 0 bridgehead atoms. The Balaban J connectivity index is 2.49. The summed E-state index contributed by atoms with van der Waals surface area (Å²) in [5.74, 6) is -0.148. The number of halogens is 4. The number of nitrogens with one attached hydrogen (secondary N) is 1. The van der Waals surface area contributed by atoms with Crippen molar-refractivity contribution in [1.82, 2.24) is 0 Å². The predicted octanol–water partition coefficient (Wildman–Crippen LogP) is 4.75. The van der Waals surface area contributed by atoms with Crippen LogP contribution in [-0.4, -0.2) is 27.2 Å². The molecule has 0 spiro atoms. The third-order valence-corrected chi connectivity index (χ3v) is 4.28. The monoisotopic (exact) mass is 433 g/mol. The number of rotatable bonds is 5. The Kier molecular flexibility index (Phi) is 6.01. The van der Waals surface area contributed by atoms with E-state index in [9.17, 15) is 18.0 Å². The SMILES string of the molecule is COc1cc(C(=O)Nc2ccccc2C(F)(F)F)c(Br)c(OC)c1OC. The van der Waals surface area contributed by atoms with Crippen molar-refractivity contribution in [3.05, 3.63) is 45.9 Å². The van der Waals surface area contributed by atoms with Crippen LogP contribution in [0.15, 0.2) is 34.8 Å². The second-order valence-corrected chi connectivity index (χ2v) is 5.80. The van der Waals surface area contributed by atoms with Gasteiger partial charge >= 0.3 is 6.18 Å². The second-order valence-electron chi connectivity index (χ2n) is 5.00. The molecule has 1 N–H and O–H groups in total. The van der Waals surface area contributed by atoms with Crippen molar-refractivity contribution in [3.63, 3.8) is 0 Å². The number of carbonyl (C=O) groups excluding carboxylic acids is 1. The Bertz CT molecular complexity index is 824. The number of hydrogen-bond acceptors (Lipinski definition) is 4. The number of benzene rings is 2. The van der Waals surface area contributed by atoms with Gasteiger partial charge in [-0.05, 0) is 34.1 Å². The van der Waals surface area contributed by atoms with Crippen LogP contribution in [0.4, 0.5) is 18.9 Å². The molecule has 0 heterocycles. The van der Waals surface area contributed by atoms with Gasteiger partial charge in [-0.2, -0.15) is 13.2 Å². The lowest BCUT2D eigenvalue weighted by atomic mass is 10.1. The molecule has 2 rings (SSSR count). The molecule has 9 heteroatoms. The van der Waals surface area contributed by atoms with E-state index in [-0.39, 0.29) is 33.0 Å². The van der Waals surface area contributed by atoms with Gasteiger partial charge in [0.2, 0.25) is 5.75 Å². The zero-order chi connectivity index (χ0) is 19.5. The summed E-state index contributed by atoms with van der Waals surface area (Å²) in [5.41, 5.74) is -1.28. The van der Waals surface area contributed by atoms with Gasteiger partial charge in [0.05, 0.1) is 42.6 Å². The molecular formula is C17H15BrF3NO4. The zero-order valence-electron chi connectivity index (χ0n) is 14.0. The molecule has 2 aromatic rings. The highest BCUT2D eigenvalue weighted by Gasteiger charge is 2.34. The lowest BCUT2D eigenvalue weighted by Gasteiger charge is -2.17. The first-order valence-corrected chi connectivity index (χ1v) is 7.99. The molecule has 0 radical (unpaired) electrons. The van der Waals surface area contributed by atoms with Crippen LogP contribution in [-0.2, 0) is 6.18 Å². The Labute approximate surface area is 156 Å². The lowest BCUT2D eigenvalue weighted by Crippen LogP contribution is -2.17. The van der Waals surface area contributed by atoms with Crippen molar-refractivity contribution in [2.45, 2.75) is 6.18 Å². The number of anilines is 1. The molecule has 2 aromatic carbocycles. The Morgan fingerprint density at radius 2 is 1.65 bits per heavy atom. The van der Waals surface area contributed by atoms with Crippen LogP contribution in [0.1, 0.15) is 15.9 Å². The summed E-state index contributed by atoms with van der Waals surface area (Å²) in [6.07, 6.45) is -4.60. The standard InChI is InChI=1S/C17H15BrF3NO4/c1-24-12-8-9(13(18)15(26-3)14(12)25-2)16(23)22-11-7-5-4-6-10(11)17(19,20)21/h4-8H,1-3H3,(H,22,23). The molecule has 0 aliphatic rings. The van der Waals surface area contributed by atoms with Crippen LogP contribution < -0.4 is 19.5 Å². The van der Waals surface area contributed by atoms with E-state index in [2.05, 4.69) is 21.2 Å². The number of para-hydroxylation sites is 1. The summed E-state index contributed by atoms with van der Waals surface area (Å²) in [5, 5.41) is 2.27. The van der Waals surface area contributed by atoms with Crippen molar-refractivity contribution in [3.8, 4) is 17.2 Å². The van der Waals surface area contributed by atoms with Crippen LogP contribution in [0.25, 0.3) is 0 Å². The normalized spacial score (nSPS) is 11.0. The van der Waals surface area contributed by atoms with E-state index in [0.29, 0.717) is 0 Å². The predicted molar refractivity (Wildman–Crippen MR) is 93.2 cm³/mol. The molecule has 0 aliphatic heterocycles. The minimum absolute atomic E-state index is 0.0245. The minimum Gasteiger partial charge on any atom is -0.493 e. The lowest BCUT2D eigenvalue weighted by molar-refractivity contribution is -0.136. The molecule has 0 unspecified atom stereocenters. The third-order valence-electron chi connectivity index (χ3n) is 3.49. The fraction of sp³-hybridized carbons (Fsp3) is 0.235. The van der Waals surface area contributed by atoms with Crippen molar-refractivity contribution < 1.29 is 32.2 Å². The van der Waals surface area contributed by atoms with E-state index in [1.807, 2.05) is 0 Å². The Morgan fingerprint density at radius 3 is 2.19 bits per heavy atom. The van der Waals surface area contributed by atoms with Crippen molar-refractivity contribution in [1.29, 1.82) is 0 Å². The van der Waals surface area contributed by atoms with E-state index in [0.717, 1.165) is 6.07 Å². The van der Waals surface area contributed by atoms with Gasteiger partial charge in [0.25, 0.3) is 5.91 Å². The van der Waals surface area contributed by atoms with Crippen LogP contribution in [0.2, 0.25) is 0 Å². The number of ether oxygens (including phenoxy) is 3. The van der Waals surface area contributed by atoms with Crippen LogP contribution in [0.3, 0.4) is 0 Å². The van der Waals surface area contributed by atoms with Gasteiger partial charge in [-0.15, -0.1) is 0 Å². The number of amides is 1. The van der Waals surface area contributed by atoms with Crippen LogP contribution in [0.5, 0.6) is 17.2 Å². The fourth-order valence-electron chi connectivity index (χ4n) is 2.32. The topological polar surface area (TPSA) is 56.8 Å². The highest BCUT2D eigenvalue weighted by Crippen LogP contribution is 2.45. The third kappa shape index (κ3) is 3.87. The molecule has 140 valence electrons. The van der Waals surface area contributed by atoms with Gasteiger partial charge in [0.15, 0.2) is 11.5 Å². The average molecular weight is 434 g/mol. The summed E-state index contributed by atoms with van der Waals surface area (Å²) < 4.78 is 55.1.